The van der Waals surface area contributed by atoms with Crippen molar-refractivity contribution in [3.05, 3.63) is 29.8 Å². The number of anilines is 1. The SMILES string of the molecule is Nc1[nH]c2ccccc2c1C1(C(F)(F)F)CC1. The number of nitrogens with two attached hydrogens (primary N) is 1. The van der Waals surface area contributed by atoms with Crippen molar-refractivity contribution in [2.45, 2.75) is 24.4 Å². The number of alkyl halides is 3. The van der Waals surface area contributed by atoms with Crippen LogP contribution < -0.4 is 5.73 Å². The van der Waals surface area contributed by atoms with Crippen molar-refractivity contribution in [3.8, 4) is 0 Å². The highest BCUT2D eigenvalue weighted by atomic mass is 19.4. The number of rotatable bonds is 1. The van der Waals surface area contributed by atoms with Crippen molar-refractivity contribution in [1.82, 2.24) is 4.98 Å². The Kier molecular flexibility index (Phi) is 1.83. The van der Waals surface area contributed by atoms with Crippen LogP contribution in [0.1, 0.15) is 18.4 Å². The predicted molar refractivity (Wildman–Crippen MR) is 59.7 cm³/mol. The Morgan fingerprint density at radius 2 is 1.82 bits per heavy atom. The van der Waals surface area contributed by atoms with Gasteiger partial charge in [-0.15, -0.1) is 0 Å². The van der Waals surface area contributed by atoms with Gasteiger partial charge in [-0.3, -0.25) is 0 Å². The molecular formula is C12H11F3N2. The fourth-order valence-corrected chi connectivity index (χ4v) is 2.48. The molecule has 0 saturated heterocycles. The number of hydrogen-bond acceptors (Lipinski definition) is 1. The minimum absolute atomic E-state index is 0.128. The largest absolute Gasteiger partial charge is 0.398 e. The molecule has 17 heavy (non-hydrogen) atoms. The van der Waals surface area contributed by atoms with E-state index in [2.05, 4.69) is 4.98 Å². The Morgan fingerprint density at radius 3 is 2.41 bits per heavy atom. The third-order valence-corrected chi connectivity index (χ3v) is 3.51. The molecule has 1 aliphatic carbocycles. The van der Waals surface area contributed by atoms with Crippen molar-refractivity contribution in [1.29, 1.82) is 0 Å². The van der Waals surface area contributed by atoms with E-state index in [4.69, 9.17) is 5.73 Å². The summed E-state index contributed by atoms with van der Waals surface area (Å²) < 4.78 is 39.3. The van der Waals surface area contributed by atoms with Gasteiger partial charge >= 0.3 is 6.18 Å². The fraction of sp³-hybridized carbons (Fsp3) is 0.333. The molecule has 3 rings (SSSR count). The first-order chi connectivity index (χ1) is 7.96. The molecule has 1 aromatic heterocycles. The normalized spacial score (nSPS) is 18.5. The molecule has 90 valence electrons. The molecule has 2 aromatic rings. The van der Waals surface area contributed by atoms with Gasteiger partial charge in [-0.25, -0.2) is 0 Å². The highest BCUT2D eigenvalue weighted by molar-refractivity contribution is 5.90. The average Bonchev–Trinajstić information content (AvgIpc) is 2.96. The highest BCUT2D eigenvalue weighted by Crippen LogP contribution is 2.61. The molecule has 0 bridgehead atoms. The second-order valence-corrected chi connectivity index (χ2v) is 4.54. The maximum Gasteiger partial charge on any atom is 0.398 e. The zero-order valence-corrected chi connectivity index (χ0v) is 8.93. The molecule has 1 heterocycles. The summed E-state index contributed by atoms with van der Waals surface area (Å²) in [6, 6.07) is 6.92. The molecule has 1 saturated carbocycles. The Labute approximate surface area is 95.6 Å². The van der Waals surface area contributed by atoms with E-state index < -0.39 is 11.6 Å². The number of aromatic amines is 1. The van der Waals surface area contributed by atoms with Gasteiger partial charge in [-0.2, -0.15) is 13.2 Å². The zero-order chi connectivity index (χ0) is 12.3. The van der Waals surface area contributed by atoms with Gasteiger partial charge in [0.25, 0.3) is 0 Å². The van der Waals surface area contributed by atoms with E-state index in [-0.39, 0.29) is 24.2 Å². The number of benzene rings is 1. The lowest BCUT2D eigenvalue weighted by molar-refractivity contribution is -0.160. The van der Waals surface area contributed by atoms with E-state index in [0.717, 1.165) is 0 Å². The molecule has 5 heteroatoms. The summed E-state index contributed by atoms with van der Waals surface area (Å²) in [7, 11) is 0. The summed E-state index contributed by atoms with van der Waals surface area (Å²) in [6.07, 6.45) is -3.98. The smallest absolute Gasteiger partial charge is 0.385 e. The van der Waals surface area contributed by atoms with Crippen molar-refractivity contribution in [3.63, 3.8) is 0 Å². The Balaban J connectivity index is 2.28. The first kappa shape index (κ1) is 10.5. The minimum atomic E-state index is -4.23. The first-order valence-corrected chi connectivity index (χ1v) is 5.39. The van der Waals surface area contributed by atoms with Gasteiger partial charge in [-0.1, -0.05) is 18.2 Å². The molecule has 0 unspecified atom stereocenters. The van der Waals surface area contributed by atoms with Crippen molar-refractivity contribution in [2.24, 2.45) is 0 Å². The van der Waals surface area contributed by atoms with Crippen molar-refractivity contribution < 1.29 is 13.2 Å². The molecule has 2 nitrogen and oxygen atoms in total. The zero-order valence-electron chi connectivity index (χ0n) is 8.93. The monoisotopic (exact) mass is 240 g/mol. The first-order valence-electron chi connectivity index (χ1n) is 5.39. The van der Waals surface area contributed by atoms with E-state index in [1.165, 1.54) is 0 Å². The predicted octanol–water partition coefficient (Wildman–Crippen LogP) is 3.34. The van der Waals surface area contributed by atoms with Gasteiger partial charge in [0.2, 0.25) is 0 Å². The van der Waals surface area contributed by atoms with Gasteiger partial charge in [0, 0.05) is 16.5 Å². The second-order valence-electron chi connectivity index (χ2n) is 4.54. The van der Waals surface area contributed by atoms with Crippen LogP contribution in [0, 0.1) is 0 Å². The van der Waals surface area contributed by atoms with Crippen LogP contribution in [0.15, 0.2) is 24.3 Å². The lowest BCUT2D eigenvalue weighted by Gasteiger charge is -2.19. The average molecular weight is 240 g/mol. The Hall–Kier alpha value is -1.65. The number of aromatic nitrogens is 1. The Bertz CT molecular complexity index is 579. The maximum atomic E-state index is 13.1. The molecule has 1 aromatic carbocycles. The summed E-state index contributed by atoms with van der Waals surface area (Å²) in [5, 5.41) is 0.583. The minimum Gasteiger partial charge on any atom is -0.385 e. The van der Waals surface area contributed by atoms with Gasteiger partial charge in [0.15, 0.2) is 0 Å². The van der Waals surface area contributed by atoms with E-state index in [0.29, 0.717) is 10.9 Å². The molecule has 0 aliphatic heterocycles. The number of nitrogen functional groups attached to an aromatic ring is 1. The number of H-pyrrole nitrogens is 1. The van der Waals surface area contributed by atoms with Crippen LogP contribution in [-0.4, -0.2) is 11.2 Å². The molecule has 1 fully saturated rings. The topological polar surface area (TPSA) is 41.8 Å². The number of para-hydroxylation sites is 1. The quantitative estimate of drug-likeness (QED) is 0.788. The number of hydrogen-bond donors (Lipinski definition) is 2. The van der Waals surface area contributed by atoms with E-state index >= 15 is 0 Å². The van der Waals surface area contributed by atoms with Crippen LogP contribution in [0.4, 0.5) is 19.0 Å². The summed E-state index contributed by atoms with van der Waals surface area (Å²) >= 11 is 0. The molecule has 0 atom stereocenters. The lowest BCUT2D eigenvalue weighted by Crippen LogP contribution is -2.29. The third kappa shape index (κ3) is 1.28. The number of fused-ring (bicyclic) bond motifs is 1. The van der Waals surface area contributed by atoms with Gasteiger partial charge in [0.1, 0.15) is 5.82 Å². The molecule has 1 aliphatic rings. The molecule has 0 radical (unpaired) electrons. The van der Waals surface area contributed by atoms with E-state index in [1.54, 1.807) is 24.3 Å². The fourth-order valence-electron chi connectivity index (χ4n) is 2.48. The van der Waals surface area contributed by atoms with Crippen LogP contribution in [0.5, 0.6) is 0 Å². The van der Waals surface area contributed by atoms with E-state index in [9.17, 15) is 13.2 Å². The van der Waals surface area contributed by atoms with Crippen LogP contribution in [-0.2, 0) is 5.41 Å². The summed E-state index contributed by atoms with van der Waals surface area (Å²) in [5.41, 5.74) is 4.88. The molecule has 0 amide bonds. The van der Waals surface area contributed by atoms with Crippen molar-refractivity contribution in [2.75, 3.05) is 5.73 Å². The Morgan fingerprint density at radius 1 is 1.18 bits per heavy atom. The molecule has 0 spiro atoms. The summed E-state index contributed by atoms with van der Waals surface area (Å²) in [4.78, 5) is 2.82. The second kappa shape index (κ2) is 2.97. The highest BCUT2D eigenvalue weighted by Gasteiger charge is 2.65. The van der Waals surface area contributed by atoms with Crippen LogP contribution in [0.2, 0.25) is 0 Å². The van der Waals surface area contributed by atoms with Crippen molar-refractivity contribution >= 4 is 16.7 Å². The maximum absolute atomic E-state index is 13.1. The molecular weight excluding hydrogens is 229 g/mol. The van der Waals surface area contributed by atoms with E-state index in [1.807, 2.05) is 0 Å². The standard InChI is InChI=1S/C12H11F3N2/c13-12(14,15)11(5-6-11)9-7-3-1-2-4-8(7)17-10(9)16/h1-4,17H,5-6,16H2. The summed E-state index contributed by atoms with van der Waals surface area (Å²) in [5.74, 6) is 0.140. The van der Waals surface area contributed by atoms with Gasteiger partial charge in [-0.05, 0) is 18.9 Å². The number of nitrogens with one attached hydrogen (secondary N) is 1. The van der Waals surface area contributed by atoms with Crippen LogP contribution in [0.25, 0.3) is 10.9 Å². The van der Waals surface area contributed by atoms with Crippen LogP contribution >= 0.6 is 0 Å². The summed E-state index contributed by atoms with van der Waals surface area (Å²) in [6.45, 7) is 0. The third-order valence-electron chi connectivity index (χ3n) is 3.51. The lowest BCUT2D eigenvalue weighted by atomic mass is 9.94. The van der Waals surface area contributed by atoms with Gasteiger partial charge in [0.05, 0.1) is 5.41 Å². The molecule has 3 N–H and O–H groups in total. The van der Waals surface area contributed by atoms with Gasteiger partial charge < -0.3 is 10.7 Å². The van der Waals surface area contributed by atoms with Crippen LogP contribution in [0.3, 0.4) is 0 Å². The number of halogens is 3.